The number of hydrogen-bond donors (Lipinski definition) is 0. The second-order valence-corrected chi connectivity index (χ2v) is 8.94. The van der Waals surface area contributed by atoms with E-state index in [2.05, 4.69) is 20.8 Å². The van der Waals surface area contributed by atoms with Crippen LogP contribution in [0.4, 0.5) is 0 Å². The molecule has 0 aromatic rings. The van der Waals surface area contributed by atoms with Crippen molar-refractivity contribution in [3.63, 3.8) is 0 Å². The summed E-state index contributed by atoms with van der Waals surface area (Å²) in [5, 5.41) is 0. The normalized spacial score (nSPS) is 13.2. The highest BCUT2D eigenvalue weighted by Crippen LogP contribution is 2.28. The van der Waals surface area contributed by atoms with Gasteiger partial charge >= 0.3 is 18.6 Å². The highest BCUT2D eigenvalue weighted by atomic mass is 28.3. The molecule has 22 heavy (non-hydrogen) atoms. The third-order valence-electron chi connectivity index (χ3n) is 3.34. The maximum Gasteiger partial charge on any atom is 0.387 e. The molecule has 0 aliphatic heterocycles. The van der Waals surface area contributed by atoms with Crippen molar-refractivity contribution in [1.29, 1.82) is 0 Å². The van der Waals surface area contributed by atoms with Gasteiger partial charge in [0.15, 0.2) is 0 Å². The molecule has 2 radical (unpaired) electrons. The maximum atomic E-state index is 5.94. The summed E-state index contributed by atoms with van der Waals surface area (Å²) >= 11 is 0. The van der Waals surface area contributed by atoms with E-state index in [1.54, 1.807) is 0 Å². The Morgan fingerprint density at radius 2 is 1.23 bits per heavy atom. The molecule has 1 unspecified atom stereocenters. The smallest absolute Gasteiger partial charge is 0.387 e. The Bertz CT molecular complexity index is 220. The molecule has 0 aliphatic rings. The van der Waals surface area contributed by atoms with Crippen LogP contribution in [0, 0.1) is 0 Å². The van der Waals surface area contributed by atoms with Crippen molar-refractivity contribution in [2.75, 3.05) is 26.4 Å². The van der Waals surface area contributed by atoms with Gasteiger partial charge in [-0.1, -0.05) is 32.6 Å². The van der Waals surface area contributed by atoms with Crippen LogP contribution in [0.15, 0.2) is 0 Å². The molecule has 0 fully saturated rings. The molecule has 0 heterocycles. The molecular weight excluding hydrogens is 312 g/mol. The second-order valence-electron chi connectivity index (χ2n) is 5.17. The third-order valence-corrected chi connectivity index (χ3v) is 8.10. The Labute approximate surface area is 141 Å². The lowest BCUT2D eigenvalue weighted by molar-refractivity contribution is 0.191. The summed E-state index contributed by atoms with van der Waals surface area (Å²) in [5.41, 5.74) is 0.466. The van der Waals surface area contributed by atoms with Crippen molar-refractivity contribution >= 4 is 18.6 Å². The zero-order valence-corrected chi connectivity index (χ0v) is 17.3. The van der Waals surface area contributed by atoms with Crippen LogP contribution in [0.25, 0.3) is 0 Å². The van der Waals surface area contributed by atoms with Crippen molar-refractivity contribution in [3.05, 3.63) is 0 Å². The first kappa shape index (κ1) is 22.3. The standard InChI is InChI=1S/C16H36O4Si2/c1-6-11-12-13-14-16(22(19-9-4)20-10-5)15-21(17-7-2)18-8-3/h16H,6-15H2,1-5H3. The first-order valence-electron chi connectivity index (χ1n) is 8.97. The predicted molar refractivity (Wildman–Crippen MR) is 95.3 cm³/mol. The Hall–Kier alpha value is 0.274. The fraction of sp³-hybridized carbons (Fsp3) is 1.00. The summed E-state index contributed by atoms with van der Waals surface area (Å²) in [7, 11) is -2.44. The molecule has 0 bridgehead atoms. The zero-order chi connectivity index (χ0) is 16.6. The van der Waals surface area contributed by atoms with E-state index in [9.17, 15) is 0 Å². The van der Waals surface area contributed by atoms with Crippen LogP contribution in [0.3, 0.4) is 0 Å². The Kier molecular flexibility index (Phi) is 16.3. The Morgan fingerprint density at radius 3 is 1.68 bits per heavy atom. The van der Waals surface area contributed by atoms with E-state index < -0.39 is 18.6 Å². The number of unbranched alkanes of at least 4 members (excludes halogenated alkanes) is 3. The minimum Gasteiger partial charge on any atom is -0.394 e. The average Bonchev–Trinajstić information content (AvgIpc) is 2.50. The molecule has 4 nitrogen and oxygen atoms in total. The van der Waals surface area contributed by atoms with E-state index in [1.807, 2.05) is 13.8 Å². The fourth-order valence-corrected chi connectivity index (χ4v) is 6.67. The van der Waals surface area contributed by atoms with Crippen molar-refractivity contribution in [1.82, 2.24) is 0 Å². The van der Waals surface area contributed by atoms with Crippen LogP contribution >= 0.6 is 0 Å². The van der Waals surface area contributed by atoms with Crippen molar-refractivity contribution in [3.8, 4) is 0 Å². The highest BCUT2D eigenvalue weighted by Gasteiger charge is 2.32. The van der Waals surface area contributed by atoms with E-state index in [0.29, 0.717) is 5.54 Å². The topological polar surface area (TPSA) is 36.9 Å². The van der Waals surface area contributed by atoms with Crippen LogP contribution in [-0.2, 0) is 17.7 Å². The zero-order valence-electron chi connectivity index (χ0n) is 15.3. The van der Waals surface area contributed by atoms with E-state index in [-0.39, 0.29) is 0 Å². The summed E-state index contributed by atoms with van der Waals surface area (Å²) in [5.74, 6) is 0. The molecule has 0 aromatic heterocycles. The van der Waals surface area contributed by atoms with E-state index in [4.69, 9.17) is 17.7 Å². The quantitative estimate of drug-likeness (QED) is 0.305. The SMILES string of the molecule is CCCCCCC(C[Si](OCC)OCC)[Si](OCC)OCC. The highest BCUT2D eigenvalue weighted by molar-refractivity contribution is 6.52. The van der Waals surface area contributed by atoms with Gasteiger partial charge in [-0.25, -0.2) is 0 Å². The van der Waals surface area contributed by atoms with Crippen LogP contribution < -0.4 is 0 Å². The van der Waals surface area contributed by atoms with Crippen LogP contribution in [-0.4, -0.2) is 45.0 Å². The van der Waals surface area contributed by atoms with Crippen LogP contribution in [0.2, 0.25) is 11.6 Å². The Balaban J connectivity index is 4.63. The molecule has 0 aliphatic carbocycles. The maximum absolute atomic E-state index is 5.94. The molecule has 0 aromatic carbocycles. The number of rotatable bonds is 16. The lowest BCUT2D eigenvalue weighted by Crippen LogP contribution is -2.34. The molecule has 132 valence electrons. The molecule has 0 saturated heterocycles. The molecule has 0 rings (SSSR count). The van der Waals surface area contributed by atoms with Crippen molar-refractivity contribution in [2.45, 2.75) is 78.3 Å². The fourth-order valence-electron chi connectivity index (χ4n) is 2.37. The molecule has 0 N–H and O–H groups in total. The van der Waals surface area contributed by atoms with Gasteiger partial charge in [-0.3, -0.25) is 0 Å². The van der Waals surface area contributed by atoms with Gasteiger partial charge in [-0.05, 0) is 40.2 Å². The molecule has 0 amide bonds. The van der Waals surface area contributed by atoms with Gasteiger partial charge in [0.05, 0.1) is 0 Å². The van der Waals surface area contributed by atoms with E-state index in [1.165, 1.54) is 32.1 Å². The summed E-state index contributed by atoms with van der Waals surface area (Å²) in [6.45, 7) is 13.3. The van der Waals surface area contributed by atoms with Crippen LogP contribution in [0.1, 0.15) is 66.7 Å². The molecule has 1 atom stereocenters. The lowest BCUT2D eigenvalue weighted by atomic mass is 10.1. The largest absolute Gasteiger partial charge is 0.394 e. The van der Waals surface area contributed by atoms with Gasteiger partial charge in [0.25, 0.3) is 0 Å². The second kappa shape index (κ2) is 16.1. The first-order valence-corrected chi connectivity index (χ1v) is 11.9. The Morgan fingerprint density at radius 1 is 0.682 bits per heavy atom. The van der Waals surface area contributed by atoms with Gasteiger partial charge < -0.3 is 17.7 Å². The summed E-state index contributed by atoms with van der Waals surface area (Å²) in [6, 6.07) is 0.979. The monoisotopic (exact) mass is 348 g/mol. The van der Waals surface area contributed by atoms with Crippen molar-refractivity contribution < 1.29 is 17.7 Å². The summed E-state index contributed by atoms with van der Waals surface area (Å²) in [4.78, 5) is 0. The molecule has 0 saturated carbocycles. The van der Waals surface area contributed by atoms with E-state index >= 15 is 0 Å². The summed E-state index contributed by atoms with van der Waals surface area (Å²) in [6.07, 6.45) is 6.30. The molecule has 6 heteroatoms. The molecule has 0 spiro atoms. The van der Waals surface area contributed by atoms with Gasteiger partial charge in [-0.2, -0.15) is 0 Å². The van der Waals surface area contributed by atoms with Gasteiger partial charge in [0.1, 0.15) is 0 Å². The van der Waals surface area contributed by atoms with Gasteiger partial charge in [-0.15, -0.1) is 0 Å². The summed E-state index contributed by atoms with van der Waals surface area (Å²) < 4.78 is 23.6. The average molecular weight is 349 g/mol. The minimum absolute atomic E-state index is 0.466. The predicted octanol–water partition coefficient (Wildman–Crippen LogP) is 4.45. The van der Waals surface area contributed by atoms with Gasteiger partial charge in [0.2, 0.25) is 0 Å². The van der Waals surface area contributed by atoms with Crippen molar-refractivity contribution in [2.24, 2.45) is 0 Å². The lowest BCUT2D eigenvalue weighted by Gasteiger charge is -2.25. The van der Waals surface area contributed by atoms with Gasteiger partial charge in [0, 0.05) is 32.0 Å². The first-order chi connectivity index (χ1) is 10.7. The minimum atomic E-state index is -1.24. The van der Waals surface area contributed by atoms with E-state index in [0.717, 1.165) is 32.5 Å². The number of hydrogen-bond acceptors (Lipinski definition) is 4. The third kappa shape index (κ3) is 10.9. The molecular formula is C16H36O4Si2. The van der Waals surface area contributed by atoms with Crippen LogP contribution in [0.5, 0.6) is 0 Å².